The monoisotopic (exact) mass is 340 g/mol. The maximum absolute atomic E-state index is 13.1. The number of benzene rings is 2. The molecular weight excluding hydrogens is 321 g/mol. The van der Waals surface area contributed by atoms with Gasteiger partial charge in [0.2, 0.25) is 0 Å². The molecular formula is C19H20ClF3. The standard InChI is InChI=1S/C19H20ClF3/c1-12(2)16-8-14(9-17(10-16)19(21,22)23)7-13(3)15-5-4-6-18(20)11-15/h4-6,8-13H,7H2,1-3H3. The van der Waals surface area contributed by atoms with Gasteiger partial charge in [-0.2, -0.15) is 13.2 Å². The van der Waals surface area contributed by atoms with Gasteiger partial charge < -0.3 is 0 Å². The van der Waals surface area contributed by atoms with Crippen molar-refractivity contribution in [3.05, 3.63) is 69.7 Å². The molecule has 124 valence electrons. The molecule has 0 heterocycles. The quantitative estimate of drug-likeness (QED) is 0.572. The maximum atomic E-state index is 13.1. The fourth-order valence-corrected chi connectivity index (χ4v) is 2.82. The molecule has 23 heavy (non-hydrogen) atoms. The molecule has 1 atom stereocenters. The van der Waals surface area contributed by atoms with Gasteiger partial charge in [0.05, 0.1) is 5.56 Å². The lowest BCUT2D eigenvalue weighted by atomic mass is 9.90. The summed E-state index contributed by atoms with van der Waals surface area (Å²) in [4.78, 5) is 0. The van der Waals surface area contributed by atoms with E-state index in [1.165, 1.54) is 12.1 Å². The number of hydrogen-bond acceptors (Lipinski definition) is 0. The molecule has 2 rings (SSSR count). The van der Waals surface area contributed by atoms with Crippen molar-refractivity contribution in [2.24, 2.45) is 0 Å². The van der Waals surface area contributed by atoms with Crippen molar-refractivity contribution in [2.45, 2.75) is 45.2 Å². The van der Waals surface area contributed by atoms with Gasteiger partial charge in [0.25, 0.3) is 0 Å². The first-order valence-electron chi connectivity index (χ1n) is 7.63. The predicted molar refractivity (Wildman–Crippen MR) is 89.1 cm³/mol. The van der Waals surface area contributed by atoms with Crippen LogP contribution < -0.4 is 0 Å². The molecule has 0 radical (unpaired) electrons. The van der Waals surface area contributed by atoms with Crippen molar-refractivity contribution >= 4 is 11.6 Å². The van der Waals surface area contributed by atoms with E-state index in [1.54, 1.807) is 6.07 Å². The molecule has 0 saturated carbocycles. The van der Waals surface area contributed by atoms with Crippen LogP contribution in [-0.2, 0) is 12.6 Å². The van der Waals surface area contributed by atoms with Gasteiger partial charge in [0.1, 0.15) is 0 Å². The zero-order valence-electron chi connectivity index (χ0n) is 13.4. The molecule has 1 unspecified atom stereocenters. The lowest BCUT2D eigenvalue weighted by Gasteiger charge is -2.17. The summed E-state index contributed by atoms with van der Waals surface area (Å²) >= 11 is 5.99. The summed E-state index contributed by atoms with van der Waals surface area (Å²) in [6.45, 7) is 5.81. The third-order valence-corrected chi connectivity index (χ3v) is 4.20. The maximum Gasteiger partial charge on any atom is 0.416 e. The van der Waals surface area contributed by atoms with Gasteiger partial charge in [-0.15, -0.1) is 0 Å². The lowest BCUT2D eigenvalue weighted by molar-refractivity contribution is -0.137. The van der Waals surface area contributed by atoms with Gasteiger partial charge >= 0.3 is 6.18 Å². The summed E-state index contributed by atoms with van der Waals surface area (Å²) in [5.41, 5.74) is 1.88. The highest BCUT2D eigenvalue weighted by atomic mass is 35.5. The summed E-state index contributed by atoms with van der Waals surface area (Å²) in [7, 11) is 0. The Morgan fingerprint density at radius 3 is 2.22 bits per heavy atom. The fraction of sp³-hybridized carbons (Fsp3) is 0.368. The minimum absolute atomic E-state index is 0.0533. The Balaban J connectivity index is 2.33. The van der Waals surface area contributed by atoms with E-state index in [4.69, 9.17) is 11.6 Å². The summed E-state index contributed by atoms with van der Waals surface area (Å²) < 4.78 is 39.3. The Morgan fingerprint density at radius 1 is 0.957 bits per heavy atom. The Hall–Kier alpha value is -1.48. The van der Waals surface area contributed by atoms with Crippen LogP contribution in [0.4, 0.5) is 13.2 Å². The molecule has 0 aliphatic carbocycles. The SMILES string of the molecule is CC(C)c1cc(CC(C)c2cccc(Cl)c2)cc(C(F)(F)F)c1. The van der Waals surface area contributed by atoms with Crippen LogP contribution in [0.15, 0.2) is 42.5 Å². The molecule has 4 heteroatoms. The van der Waals surface area contributed by atoms with Gasteiger partial charge in [-0.25, -0.2) is 0 Å². The Kier molecular flexibility index (Phi) is 5.41. The molecule has 0 spiro atoms. The molecule has 2 aromatic carbocycles. The summed E-state index contributed by atoms with van der Waals surface area (Å²) in [5.74, 6) is 0.148. The van der Waals surface area contributed by atoms with Crippen LogP contribution in [0.5, 0.6) is 0 Å². The minimum atomic E-state index is -4.32. The number of alkyl halides is 3. The normalized spacial score (nSPS) is 13.4. The summed E-state index contributed by atoms with van der Waals surface area (Å²) in [5, 5.41) is 0.640. The third-order valence-electron chi connectivity index (χ3n) is 3.97. The van der Waals surface area contributed by atoms with Crippen molar-refractivity contribution < 1.29 is 13.2 Å². The van der Waals surface area contributed by atoms with E-state index in [9.17, 15) is 13.2 Å². The molecule has 0 amide bonds. The first kappa shape index (κ1) is 17.9. The first-order chi connectivity index (χ1) is 10.7. The van der Waals surface area contributed by atoms with Crippen LogP contribution >= 0.6 is 11.6 Å². The van der Waals surface area contributed by atoms with E-state index >= 15 is 0 Å². The van der Waals surface area contributed by atoms with Crippen molar-refractivity contribution in [3.8, 4) is 0 Å². The van der Waals surface area contributed by atoms with Crippen molar-refractivity contribution in [3.63, 3.8) is 0 Å². The zero-order chi connectivity index (χ0) is 17.2. The van der Waals surface area contributed by atoms with Crippen LogP contribution in [0.2, 0.25) is 5.02 Å². The highest BCUT2D eigenvalue weighted by Crippen LogP contribution is 2.33. The first-order valence-corrected chi connectivity index (χ1v) is 8.01. The number of hydrogen-bond donors (Lipinski definition) is 0. The lowest BCUT2D eigenvalue weighted by Crippen LogP contribution is -2.08. The van der Waals surface area contributed by atoms with Gasteiger partial charge in [-0.05, 0) is 59.2 Å². The van der Waals surface area contributed by atoms with Gasteiger partial charge in [0, 0.05) is 5.02 Å². The van der Waals surface area contributed by atoms with Gasteiger partial charge in [-0.3, -0.25) is 0 Å². The zero-order valence-corrected chi connectivity index (χ0v) is 14.2. The molecule has 2 aromatic rings. The van der Waals surface area contributed by atoms with E-state index in [1.807, 2.05) is 45.0 Å². The second kappa shape index (κ2) is 6.96. The third kappa shape index (κ3) is 4.74. The van der Waals surface area contributed by atoms with E-state index in [2.05, 4.69) is 0 Å². The Bertz CT molecular complexity index is 675. The smallest absolute Gasteiger partial charge is 0.166 e. The predicted octanol–water partition coefficient (Wildman–Crippen LogP) is 6.83. The molecule has 0 nitrogen and oxygen atoms in total. The molecule has 0 N–H and O–H groups in total. The minimum Gasteiger partial charge on any atom is -0.166 e. The van der Waals surface area contributed by atoms with Crippen molar-refractivity contribution in [1.29, 1.82) is 0 Å². The van der Waals surface area contributed by atoms with Crippen LogP contribution in [-0.4, -0.2) is 0 Å². The molecule has 0 aliphatic heterocycles. The second-order valence-corrected chi connectivity index (χ2v) is 6.71. The molecule has 0 aromatic heterocycles. The molecule has 0 bridgehead atoms. The fourth-order valence-electron chi connectivity index (χ4n) is 2.62. The van der Waals surface area contributed by atoms with E-state index in [-0.39, 0.29) is 11.8 Å². The largest absolute Gasteiger partial charge is 0.416 e. The number of halogens is 4. The molecule has 0 fully saturated rings. The van der Waals surface area contributed by atoms with Crippen LogP contribution in [0.25, 0.3) is 0 Å². The van der Waals surface area contributed by atoms with Crippen LogP contribution in [0, 0.1) is 0 Å². The molecule has 0 saturated heterocycles. The van der Waals surface area contributed by atoms with Gasteiger partial charge in [-0.1, -0.05) is 50.6 Å². The average molecular weight is 341 g/mol. The highest BCUT2D eigenvalue weighted by Gasteiger charge is 2.31. The Labute approximate surface area is 140 Å². The van der Waals surface area contributed by atoms with E-state index in [0.29, 0.717) is 22.6 Å². The summed E-state index contributed by atoms with van der Waals surface area (Å²) in [6.07, 6.45) is -3.77. The summed E-state index contributed by atoms with van der Waals surface area (Å²) in [6, 6.07) is 11.8. The van der Waals surface area contributed by atoms with Crippen LogP contribution in [0.1, 0.15) is 54.9 Å². The highest BCUT2D eigenvalue weighted by molar-refractivity contribution is 6.30. The topological polar surface area (TPSA) is 0 Å². The Morgan fingerprint density at radius 2 is 1.65 bits per heavy atom. The van der Waals surface area contributed by atoms with E-state index in [0.717, 1.165) is 5.56 Å². The van der Waals surface area contributed by atoms with E-state index < -0.39 is 11.7 Å². The average Bonchev–Trinajstić information content (AvgIpc) is 2.46. The number of rotatable bonds is 4. The van der Waals surface area contributed by atoms with Crippen LogP contribution in [0.3, 0.4) is 0 Å². The van der Waals surface area contributed by atoms with Crippen molar-refractivity contribution in [1.82, 2.24) is 0 Å². The van der Waals surface area contributed by atoms with Crippen molar-refractivity contribution in [2.75, 3.05) is 0 Å². The second-order valence-electron chi connectivity index (χ2n) is 6.28. The van der Waals surface area contributed by atoms with Gasteiger partial charge in [0.15, 0.2) is 0 Å². The molecule has 0 aliphatic rings.